The molecular formula is C19H18N2O4. The number of benzene rings is 2. The molecule has 0 radical (unpaired) electrons. The molecule has 0 spiro atoms. The van der Waals surface area contributed by atoms with Crippen molar-refractivity contribution in [1.82, 2.24) is 5.32 Å². The predicted molar refractivity (Wildman–Crippen MR) is 93.2 cm³/mol. The first kappa shape index (κ1) is 16.6. The van der Waals surface area contributed by atoms with Crippen molar-refractivity contribution in [3.05, 3.63) is 65.9 Å². The summed E-state index contributed by atoms with van der Waals surface area (Å²) < 4.78 is 11.1. The quantitative estimate of drug-likeness (QED) is 0.722. The van der Waals surface area contributed by atoms with Gasteiger partial charge in [0.15, 0.2) is 6.61 Å². The molecule has 1 atom stereocenters. The van der Waals surface area contributed by atoms with Crippen molar-refractivity contribution in [1.29, 1.82) is 0 Å². The highest BCUT2D eigenvalue weighted by Gasteiger charge is 2.14. The lowest BCUT2D eigenvalue weighted by atomic mass is 10.2. The predicted octanol–water partition coefficient (Wildman–Crippen LogP) is 2.79. The summed E-state index contributed by atoms with van der Waals surface area (Å²) in [6, 6.07) is 15.6. The van der Waals surface area contributed by atoms with Gasteiger partial charge in [0.2, 0.25) is 5.91 Å². The number of primary amides is 1. The molecular weight excluding hydrogens is 320 g/mol. The molecule has 0 bridgehead atoms. The second-order valence-corrected chi connectivity index (χ2v) is 5.65. The minimum Gasteiger partial charge on any atom is -0.484 e. The van der Waals surface area contributed by atoms with Gasteiger partial charge in [-0.25, -0.2) is 0 Å². The van der Waals surface area contributed by atoms with Gasteiger partial charge >= 0.3 is 0 Å². The molecule has 2 amide bonds. The normalized spacial score (nSPS) is 11.9. The van der Waals surface area contributed by atoms with Gasteiger partial charge in [-0.05, 0) is 43.3 Å². The average Bonchev–Trinajstić information content (AvgIpc) is 3.04. The van der Waals surface area contributed by atoms with Crippen molar-refractivity contribution in [2.75, 3.05) is 6.61 Å². The van der Waals surface area contributed by atoms with Crippen LogP contribution in [0.4, 0.5) is 0 Å². The summed E-state index contributed by atoms with van der Waals surface area (Å²) in [7, 11) is 0. The Kier molecular flexibility index (Phi) is 4.70. The van der Waals surface area contributed by atoms with Crippen LogP contribution in [-0.4, -0.2) is 18.4 Å². The smallest absolute Gasteiger partial charge is 0.258 e. The van der Waals surface area contributed by atoms with Crippen LogP contribution in [0.15, 0.2) is 59.0 Å². The third-order valence-electron chi connectivity index (χ3n) is 3.76. The van der Waals surface area contributed by atoms with E-state index in [1.165, 1.54) is 0 Å². The van der Waals surface area contributed by atoms with E-state index in [1.54, 1.807) is 24.3 Å². The summed E-state index contributed by atoms with van der Waals surface area (Å²) in [5.74, 6) is 0.382. The highest BCUT2D eigenvalue weighted by Crippen LogP contribution is 2.23. The van der Waals surface area contributed by atoms with E-state index in [0.29, 0.717) is 17.1 Å². The lowest BCUT2D eigenvalue weighted by Crippen LogP contribution is -2.31. The van der Waals surface area contributed by atoms with Crippen LogP contribution < -0.4 is 15.8 Å². The Hall–Kier alpha value is -3.28. The van der Waals surface area contributed by atoms with Gasteiger partial charge in [-0.15, -0.1) is 0 Å². The number of carbonyl (C=O) groups is 2. The summed E-state index contributed by atoms with van der Waals surface area (Å²) in [5, 5.41) is 3.82. The van der Waals surface area contributed by atoms with Crippen LogP contribution >= 0.6 is 0 Å². The molecule has 6 heteroatoms. The van der Waals surface area contributed by atoms with Gasteiger partial charge in [-0.1, -0.05) is 18.2 Å². The fraction of sp³-hybridized carbons (Fsp3) is 0.158. The summed E-state index contributed by atoms with van der Waals surface area (Å²) >= 11 is 0. The number of hydrogen-bond acceptors (Lipinski definition) is 4. The van der Waals surface area contributed by atoms with Crippen LogP contribution in [0.3, 0.4) is 0 Å². The molecule has 3 rings (SSSR count). The third kappa shape index (κ3) is 3.98. The van der Waals surface area contributed by atoms with Crippen molar-refractivity contribution in [2.24, 2.45) is 5.73 Å². The number of fused-ring (bicyclic) bond motifs is 1. The maximum absolute atomic E-state index is 12.0. The van der Waals surface area contributed by atoms with E-state index in [0.717, 1.165) is 11.0 Å². The molecule has 25 heavy (non-hydrogen) atoms. The lowest BCUT2D eigenvalue weighted by Gasteiger charge is -2.12. The standard InChI is InChI=1S/C19H18N2O4/c1-12(17-10-14-4-2-3-5-16(14)25-17)21-18(22)11-24-15-8-6-13(7-9-15)19(20)23/h2-10,12H,11H2,1H3,(H2,20,23)(H,21,22)/t12-/m1/s1. The number of ether oxygens (including phenoxy) is 1. The number of para-hydroxylation sites is 1. The maximum Gasteiger partial charge on any atom is 0.258 e. The van der Waals surface area contributed by atoms with Crippen LogP contribution in [0.2, 0.25) is 0 Å². The van der Waals surface area contributed by atoms with E-state index < -0.39 is 5.91 Å². The molecule has 0 unspecified atom stereocenters. The molecule has 0 saturated heterocycles. The fourth-order valence-electron chi connectivity index (χ4n) is 2.43. The zero-order valence-electron chi connectivity index (χ0n) is 13.7. The second-order valence-electron chi connectivity index (χ2n) is 5.65. The van der Waals surface area contributed by atoms with E-state index in [1.807, 2.05) is 37.3 Å². The summed E-state index contributed by atoms with van der Waals surface area (Å²) in [6.45, 7) is 1.71. The SMILES string of the molecule is C[C@@H](NC(=O)COc1ccc(C(N)=O)cc1)c1cc2ccccc2o1. The Labute approximate surface area is 144 Å². The molecule has 2 aromatic carbocycles. The van der Waals surface area contributed by atoms with Crippen LogP contribution in [0.1, 0.15) is 29.1 Å². The van der Waals surface area contributed by atoms with E-state index in [9.17, 15) is 9.59 Å². The zero-order valence-corrected chi connectivity index (χ0v) is 13.7. The van der Waals surface area contributed by atoms with Gasteiger partial charge in [-0.3, -0.25) is 9.59 Å². The second kappa shape index (κ2) is 7.09. The molecule has 1 aromatic heterocycles. The number of hydrogen-bond donors (Lipinski definition) is 2. The molecule has 3 N–H and O–H groups in total. The third-order valence-corrected chi connectivity index (χ3v) is 3.76. The first-order valence-corrected chi connectivity index (χ1v) is 7.83. The van der Waals surface area contributed by atoms with Crippen LogP contribution in [0.5, 0.6) is 5.75 Å². The Morgan fingerprint density at radius 2 is 1.88 bits per heavy atom. The topological polar surface area (TPSA) is 94.6 Å². The summed E-state index contributed by atoms with van der Waals surface area (Å²) in [4.78, 5) is 23.0. The van der Waals surface area contributed by atoms with Gasteiger partial charge in [-0.2, -0.15) is 0 Å². The maximum atomic E-state index is 12.0. The Bertz CT molecular complexity index is 866. The number of rotatable bonds is 6. The van der Waals surface area contributed by atoms with Gasteiger partial charge in [0.1, 0.15) is 17.1 Å². The first-order valence-electron chi connectivity index (χ1n) is 7.83. The molecule has 0 saturated carbocycles. The Balaban J connectivity index is 1.55. The van der Waals surface area contributed by atoms with Crippen molar-refractivity contribution in [3.63, 3.8) is 0 Å². The molecule has 6 nitrogen and oxygen atoms in total. The number of nitrogens with one attached hydrogen (secondary N) is 1. The molecule has 0 fully saturated rings. The molecule has 3 aromatic rings. The fourth-order valence-corrected chi connectivity index (χ4v) is 2.43. The summed E-state index contributed by atoms with van der Waals surface area (Å²) in [6.07, 6.45) is 0. The molecule has 0 aliphatic carbocycles. The number of nitrogens with two attached hydrogens (primary N) is 1. The number of amides is 2. The summed E-state index contributed by atoms with van der Waals surface area (Å²) in [5.41, 5.74) is 6.34. The van der Waals surface area contributed by atoms with Crippen molar-refractivity contribution in [3.8, 4) is 5.75 Å². The molecule has 1 heterocycles. The zero-order chi connectivity index (χ0) is 17.8. The number of carbonyl (C=O) groups excluding carboxylic acids is 2. The monoisotopic (exact) mass is 338 g/mol. The van der Waals surface area contributed by atoms with Gasteiger partial charge in [0, 0.05) is 10.9 Å². The highest BCUT2D eigenvalue weighted by atomic mass is 16.5. The van der Waals surface area contributed by atoms with Crippen molar-refractivity contribution < 1.29 is 18.7 Å². The largest absolute Gasteiger partial charge is 0.484 e. The van der Waals surface area contributed by atoms with Gasteiger partial charge in [0.05, 0.1) is 6.04 Å². The van der Waals surface area contributed by atoms with Crippen LogP contribution in [-0.2, 0) is 4.79 Å². The van der Waals surface area contributed by atoms with E-state index in [-0.39, 0.29) is 18.6 Å². The lowest BCUT2D eigenvalue weighted by molar-refractivity contribution is -0.123. The van der Waals surface area contributed by atoms with E-state index in [2.05, 4.69) is 5.32 Å². The minimum atomic E-state index is -0.510. The molecule has 0 aliphatic rings. The Morgan fingerprint density at radius 1 is 1.16 bits per heavy atom. The van der Waals surface area contributed by atoms with Crippen LogP contribution in [0, 0.1) is 0 Å². The van der Waals surface area contributed by atoms with E-state index >= 15 is 0 Å². The van der Waals surface area contributed by atoms with Gasteiger partial charge in [0.25, 0.3) is 5.91 Å². The number of furan rings is 1. The highest BCUT2D eigenvalue weighted by molar-refractivity contribution is 5.92. The molecule has 128 valence electrons. The van der Waals surface area contributed by atoms with E-state index in [4.69, 9.17) is 14.9 Å². The minimum absolute atomic E-state index is 0.138. The van der Waals surface area contributed by atoms with Crippen molar-refractivity contribution >= 4 is 22.8 Å². The molecule has 0 aliphatic heterocycles. The van der Waals surface area contributed by atoms with Crippen molar-refractivity contribution in [2.45, 2.75) is 13.0 Å². The van der Waals surface area contributed by atoms with Gasteiger partial charge < -0.3 is 20.2 Å². The van der Waals surface area contributed by atoms with Crippen LogP contribution in [0.25, 0.3) is 11.0 Å². The average molecular weight is 338 g/mol. The first-order chi connectivity index (χ1) is 12.0. The Morgan fingerprint density at radius 3 is 2.56 bits per heavy atom.